The largest absolute Gasteiger partial charge is 0.410 e. The van der Waals surface area contributed by atoms with Crippen molar-refractivity contribution in [2.45, 2.75) is 6.42 Å². The molecule has 0 spiro atoms. The first-order chi connectivity index (χ1) is 12.7. The fourth-order valence-corrected chi connectivity index (χ4v) is 3.12. The van der Waals surface area contributed by atoms with Gasteiger partial charge in [-0.3, -0.25) is 0 Å². The first kappa shape index (κ1) is 16.3. The minimum Gasteiger partial charge on any atom is -0.408 e. The number of aromatic amines is 1. The number of imidazole rings is 1. The van der Waals surface area contributed by atoms with Crippen LogP contribution in [0.25, 0.3) is 22.4 Å². The standard InChI is InChI=1S/C18H20N6O2/c19-18(25)26-14-4-1-3-13-16(14)23-17(22-13)12-5-6-15(21-11-12)24-9-2-7-20-8-10-24/h1,3-6,11,20H,2,7-10H2,(H2,19,25)(H,22,23). The highest BCUT2D eigenvalue weighted by molar-refractivity contribution is 5.87. The van der Waals surface area contributed by atoms with E-state index in [0.29, 0.717) is 17.1 Å². The molecule has 4 N–H and O–H groups in total. The normalized spacial score (nSPS) is 15.0. The number of rotatable bonds is 3. The Morgan fingerprint density at radius 2 is 2.12 bits per heavy atom. The second-order valence-electron chi connectivity index (χ2n) is 6.15. The smallest absolute Gasteiger partial charge is 0.408 e. The summed E-state index contributed by atoms with van der Waals surface area (Å²) in [7, 11) is 0. The molecule has 0 saturated carbocycles. The van der Waals surface area contributed by atoms with Crippen LogP contribution >= 0.6 is 0 Å². The van der Waals surface area contributed by atoms with E-state index in [0.717, 1.165) is 49.5 Å². The summed E-state index contributed by atoms with van der Waals surface area (Å²) in [4.78, 5) is 25.7. The van der Waals surface area contributed by atoms with Crippen LogP contribution in [0.1, 0.15) is 6.42 Å². The van der Waals surface area contributed by atoms with Crippen molar-refractivity contribution >= 4 is 22.9 Å². The van der Waals surface area contributed by atoms with Crippen molar-refractivity contribution in [2.75, 3.05) is 31.1 Å². The number of H-pyrrole nitrogens is 1. The Morgan fingerprint density at radius 3 is 2.92 bits per heavy atom. The molecular weight excluding hydrogens is 332 g/mol. The maximum absolute atomic E-state index is 11.0. The van der Waals surface area contributed by atoms with Gasteiger partial charge in [0.25, 0.3) is 0 Å². The number of amides is 1. The molecule has 1 aliphatic rings. The molecule has 0 bridgehead atoms. The summed E-state index contributed by atoms with van der Waals surface area (Å²) in [6, 6.07) is 9.30. The van der Waals surface area contributed by atoms with Crippen molar-refractivity contribution in [2.24, 2.45) is 5.73 Å². The second-order valence-corrected chi connectivity index (χ2v) is 6.15. The van der Waals surface area contributed by atoms with E-state index in [-0.39, 0.29) is 0 Å². The fraction of sp³-hybridized carbons (Fsp3) is 0.278. The minimum absolute atomic E-state index is 0.333. The number of nitrogens with one attached hydrogen (secondary N) is 2. The molecule has 26 heavy (non-hydrogen) atoms. The fourth-order valence-electron chi connectivity index (χ4n) is 3.12. The lowest BCUT2D eigenvalue weighted by molar-refractivity contribution is 0.211. The molecule has 8 heteroatoms. The Kier molecular flexibility index (Phi) is 4.40. The van der Waals surface area contributed by atoms with Crippen LogP contribution in [0.4, 0.5) is 10.6 Å². The summed E-state index contributed by atoms with van der Waals surface area (Å²) in [6.45, 7) is 3.96. The van der Waals surface area contributed by atoms with Crippen LogP contribution in [0.2, 0.25) is 0 Å². The van der Waals surface area contributed by atoms with Crippen molar-refractivity contribution in [3.63, 3.8) is 0 Å². The van der Waals surface area contributed by atoms with E-state index in [1.165, 1.54) is 0 Å². The molecule has 0 radical (unpaired) electrons. The number of hydrogen-bond acceptors (Lipinski definition) is 6. The first-order valence-electron chi connectivity index (χ1n) is 8.59. The van der Waals surface area contributed by atoms with E-state index in [9.17, 15) is 4.79 Å². The summed E-state index contributed by atoms with van der Waals surface area (Å²) in [5.41, 5.74) is 7.30. The summed E-state index contributed by atoms with van der Waals surface area (Å²) in [5, 5.41) is 3.39. The van der Waals surface area contributed by atoms with Crippen molar-refractivity contribution in [1.82, 2.24) is 20.3 Å². The molecule has 2 aromatic heterocycles. The molecule has 3 heterocycles. The van der Waals surface area contributed by atoms with Crippen LogP contribution in [0, 0.1) is 0 Å². The molecule has 1 fully saturated rings. The number of pyridine rings is 1. The predicted molar refractivity (Wildman–Crippen MR) is 99.2 cm³/mol. The van der Waals surface area contributed by atoms with Crippen molar-refractivity contribution in [3.8, 4) is 17.1 Å². The van der Waals surface area contributed by atoms with Gasteiger partial charge < -0.3 is 25.7 Å². The second kappa shape index (κ2) is 7.01. The molecule has 1 saturated heterocycles. The van der Waals surface area contributed by atoms with Crippen molar-refractivity contribution in [3.05, 3.63) is 36.5 Å². The monoisotopic (exact) mass is 352 g/mol. The molecule has 0 atom stereocenters. The first-order valence-corrected chi connectivity index (χ1v) is 8.59. The van der Waals surface area contributed by atoms with Crippen LogP contribution in [0.15, 0.2) is 36.5 Å². The number of para-hydroxylation sites is 1. The maximum Gasteiger partial charge on any atom is 0.410 e. The number of nitrogens with two attached hydrogens (primary N) is 1. The van der Waals surface area contributed by atoms with Gasteiger partial charge in [-0.2, -0.15) is 0 Å². The van der Waals surface area contributed by atoms with E-state index in [1.807, 2.05) is 18.2 Å². The minimum atomic E-state index is -0.861. The highest BCUT2D eigenvalue weighted by Crippen LogP contribution is 2.27. The summed E-state index contributed by atoms with van der Waals surface area (Å²) in [6.07, 6.45) is 2.05. The molecule has 1 amide bonds. The Hall–Kier alpha value is -3.13. The average molecular weight is 352 g/mol. The lowest BCUT2D eigenvalue weighted by atomic mass is 10.2. The van der Waals surface area contributed by atoms with E-state index < -0.39 is 6.09 Å². The number of carbonyl (C=O) groups excluding carboxylic acids is 1. The SMILES string of the molecule is NC(=O)Oc1cccc2[nH]c(-c3ccc(N4CCCNCC4)nc3)nc12. The van der Waals surface area contributed by atoms with Crippen LogP contribution in [0.5, 0.6) is 5.75 Å². The number of aromatic nitrogens is 3. The van der Waals surface area contributed by atoms with Crippen LogP contribution in [0.3, 0.4) is 0 Å². The Morgan fingerprint density at radius 1 is 1.19 bits per heavy atom. The van der Waals surface area contributed by atoms with E-state index in [2.05, 4.69) is 25.2 Å². The lowest BCUT2D eigenvalue weighted by Crippen LogP contribution is -2.28. The van der Waals surface area contributed by atoms with Gasteiger partial charge in [0.15, 0.2) is 5.75 Å². The molecule has 134 valence electrons. The van der Waals surface area contributed by atoms with E-state index >= 15 is 0 Å². The third-order valence-electron chi connectivity index (χ3n) is 4.37. The molecule has 4 rings (SSSR count). The van der Waals surface area contributed by atoms with Crippen molar-refractivity contribution < 1.29 is 9.53 Å². The van der Waals surface area contributed by atoms with Gasteiger partial charge in [0.05, 0.1) is 5.52 Å². The number of anilines is 1. The van der Waals surface area contributed by atoms with Gasteiger partial charge >= 0.3 is 6.09 Å². The molecular formula is C18H20N6O2. The molecule has 3 aromatic rings. The van der Waals surface area contributed by atoms with Crippen LogP contribution in [-0.4, -0.2) is 47.2 Å². The van der Waals surface area contributed by atoms with Crippen LogP contribution in [-0.2, 0) is 0 Å². The van der Waals surface area contributed by atoms with Crippen LogP contribution < -0.4 is 20.7 Å². The van der Waals surface area contributed by atoms with Gasteiger partial charge in [0, 0.05) is 31.4 Å². The third kappa shape index (κ3) is 3.31. The number of ether oxygens (including phenoxy) is 1. The quantitative estimate of drug-likeness (QED) is 0.664. The van der Waals surface area contributed by atoms with Gasteiger partial charge in [-0.05, 0) is 37.2 Å². The van der Waals surface area contributed by atoms with Gasteiger partial charge in [-0.1, -0.05) is 6.07 Å². The van der Waals surface area contributed by atoms with E-state index in [4.69, 9.17) is 10.5 Å². The highest BCUT2D eigenvalue weighted by atomic mass is 16.5. The molecule has 1 aliphatic heterocycles. The lowest BCUT2D eigenvalue weighted by Gasteiger charge is -2.20. The number of benzene rings is 1. The summed E-state index contributed by atoms with van der Waals surface area (Å²) < 4.78 is 5.02. The Labute approximate surface area is 150 Å². The number of nitrogens with zero attached hydrogens (tertiary/aromatic N) is 3. The third-order valence-corrected chi connectivity index (χ3v) is 4.37. The topological polar surface area (TPSA) is 109 Å². The number of hydrogen-bond donors (Lipinski definition) is 3. The molecule has 8 nitrogen and oxygen atoms in total. The Bertz CT molecular complexity index is 913. The van der Waals surface area contributed by atoms with Crippen molar-refractivity contribution in [1.29, 1.82) is 0 Å². The van der Waals surface area contributed by atoms with Gasteiger partial charge in [-0.15, -0.1) is 0 Å². The molecule has 0 unspecified atom stereocenters. The van der Waals surface area contributed by atoms with Gasteiger partial charge in [0.2, 0.25) is 0 Å². The highest BCUT2D eigenvalue weighted by Gasteiger charge is 2.14. The number of carbonyl (C=O) groups is 1. The number of fused-ring (bicyclic) bond motifs is 1. The van der Waals surface area contributed by atoms with E-state index in [1.54, 1.807) is 18.3 Å². The summed E-state index contributed by atoms with van der Waals surface area (Å²) in [5.74, 6) is 1.96. The predicted octanol–water partition coefficient (Wildman–Crippen LogP) is 1.88. The molecule has 1 aromatic carbocycles. The summed E-state index contributed by atoms with van der Waals surface area (Å²) >= 11 is 0. The average Bonchev–Trinajstić information content (AvgIpc) is 2.90. The zero-order chi connectivity index (χ0) is 17.9. The molecule has 0 aliphatic carbocycles. The van der Waals surface area contributed by atoms with Gasteiger partial charge in [-0.25, -0.2) is 14.8 Å². The zero-order valence-electron chi connectivity index (χ0n) is 14.2. The number of primary amides is 1. The Balaban J connectivity index is 1.62. The zero-order valence-corrected chi connectivity index (χ0v) is 14.2. The maximum atomic E-state index is 11.0. The van der Waals surface area contributed by atoms with Gasteiger partial charge in [0.1, 0.15) is 17.2 Å².